The minimum atomic E-state index is -0.391. The van der Waals surface area contributed by atoms with Crippen LogP contribution >= 0.6 is 0 Å². The fourth-order valence-electron chi connectivity index (χ4n) is 2.18. The monoisotopic (exact) mass is 248 g/mol. The van der Waals surface area contributed by atoms with Crippen molar-refractivity contribution < 1.29 is 9.53 Å². The molecular formula is C14H20N2O2. The van der Waals surface area contributed by atoms with Crippen molar-refractivity contribution in [1.82, 2.24) is 0 Å². The number of unbranched alkanes of at least 4 members (excludes halogenated alkanes) is 1. The molecule has 18 heavy (non-hydrogen) atoms. The molecule has 1 aromatic rings. The number of ether oxygens (including phenoxy) is 1. The van der Waals surface area contributed by atoms with Crippen LogP contribution in [0.1, 0.15) is 36.5 Å². The van der Waals surface area contributed by atoms with Crippen molar-refractivity contribution in [3.8, 4) is 5.75 Å². The Kier molecular flexibility index (Phi) is 4.07. The third-order valence-corrected chi connectivity index (χ3v) is 3.20. The summed E-state index contributed by atoms with van der Waals surface area (Å²) >= 11 is 0. The Bertz CT molecular complexity index is 432. The Morgan fingerprint density at radius 3 is 3.06 bits per heavy atom. The lowest BCUT2D eigenvalue weighted by Gasteiger charge is -2.23. The average Bonchev–Trinajstić information content (AvgIpc) is 2.57. The second-order valence-electron chi connectivity index (χ2n) is 4.59. The number of primary amides is 1. The number of benzene rings is 1. The number of fused-ring (bicyclic) bond motifs is 1. The molecule has 0 aromatic heterocycles. The van der Waals surface area contributed by atoms with Gasteiger partial charge in [0.05, 0.1) is 12.3 Å². The first-order valence-corrected chi connectivity index (χ1v) is 6.54. The largest absolute Gasteiger partial charge is 0.491 e. The molecule has 0 unspecified atom stereocenters. The first-order chi connectivity index (χ1) is 8.72. The van der Waals surface area contributed by atoms with Crippen molar-refractivity contribution >= 4 is 11.6 Å². The van der Waals surface area contributed by atoms with Crippen LogP contribution in [0.25, 0.3) is 0 Å². The lowest BCUT2D eigenvalue weighted by Crippen LogP contribution is -2.25. The van der Waals surface area contributed by atoms with Gasteiger partial charge in [0.25, 0.3) is 0 Å². The van der Waals surface area contributed by atoms with Crippen LogP contribution in [0.15, 0.2) is 18.2 Å². The molecule has 0 bridgehead atoms. The van der Waals surface area contributed by atoms with E-state index in [2.05, 4.69) is 11.8 Å². The maximum atomic E-state index is 11.3. The van der Waals surface area contributed by atoms with Crippen molar-refractivity contribution in [2.45, 2.75) is 26.2 Å². The van der Waals surface area contributed by atoms with Gasteiger partial charge >= 0.3 is 0 Å². The quantitative estimate of drug-likeness (QED) is 0.888. The zero-order valence-corrected chi connectivity index (χ0v) is 10.8. The molecule has 1 aliphatic heterocycles. The topological polar surface area (TPSA) is 55.6 Å². The van der Waals surface area contributed by atoms with Crippen LogP contribution in [-0.4, -0.2) is 25.6 Å². The van der Waals surface area contributed by atoms with Crippen LogP contribution in [-0.2, 0) is 0 Å². The van der Waals surface area contributed by atoms with Crippen molar-refractivity contribution in [2.75, 3.05) is 24.6 Å². The summed E-state index contributed by atoms with van der Waals surface area (Å²) in [6, 6.07) is 5.42. The van der Waals surface area contributed by atoms with Crippen LogP contribution in [0, 0.1) is 0 Å². The van der Waals surface area contributed by atoms with Crippen LogP contribution in [0.2, 0.25) is 0 Å². The molecule has 1 heterocycles. The number of carbonyl (C=O) groups excluding carboxylic acids is 1. The lowest BCUT2D eigenvalue weighted by atomic mass is 10.1. The zero-order chi connectivity index (χ0) is 13.0. The highest BCUT2D eigenvalue weighted by Gasteiger charge is 2.17. The normalized spacial score (nSPS) is 14.6. The SMILES string of the molecule is CCCCN1CCCOc2ccc(C(N)=O)cc21. The van der Waals surface area contributed by atoms with Gasteiger partial charge in [0.1, 0.15) is 5.75 Å². The summed E-state index contributed by atoms with van der Waals surface area (Å²) in [5.74, 6) is 0.464. The number of hydrogen-bond donors (Lipinski definition) is 1. The highest BCUT2D eigenvalue weighted by Crippen LogP contribution is 2.32. The highest BCUT2D eigenvalue weighted by molar-refractivity contribution is 5.94. The van der Waals surface area contributed by atoms with Gasteiger partial charge in [0.15, 0.2) is 0 Å². The molecule has 1 aliphatic rings. The fourth-order valence-corrected chi connectivity index (χ4v) is 2.18. The number of nitrogens with two attached hydrogens (primary N) is 1. The molecule has 2 N–H and O–H groups in total. The smallest absolute Gasteiger partial charge is 0.248 e. The summed E-state index contributed by atoms with van der Waals surface area (Å²) in [4.78, 5) is 13.5. The second-order valence-corrected chi connectivity index (χ2v) is 4.59. The van der Waals surface area contributed by atoms with E-state index in [-0.39, 0.29) is 0 Å². The van der Waals surface area contributed by atoms with Crippen molar-refractivity contribution in [2.24, 2.45) is 5.73 Å². The van der Waals surface area contributed by atoms with Gasteiger partial charge in [-0.15, -0.1) is 0 Å². The maximum absolute atomic E-state index is 11.3. The van der Waals surface area contributed by atoms with Gasteiger partial charge in [0.2, 0.25) is 5.91 Å². The zero-order valence-electron chi connectivity index (χ0n) is 10.8. The van der Waals surface area contributed by atoms with E-state index in [1.165, 1.54) is 0 Å². The van der Waals surface area contributed by atoms with Crippen molar-refractivity contribution in [3.05, 3.63) is 23.8 Å². The Morgan fingerprint density at radius 1 is 1.50 bits per heavy atom. The molecule has 0 saturated heterocycles. The Balaban J connectivity index is 2.31. The standard InChI is InChI=1S/C14H20N2O2/c1-2-3-7-16-8-4-9-18-13-6-5-11(14(15)17)10-12(13)16/h5-6,10H,2-4,7-9H2,1H3,(H2,15,17). The van der Waals surface area contributed by atoms with Gasteiger partial charge in [-0.25, -0.2) is 0 Å². The summed E-state index contributed by atoms with van der Waals surface area (Å²) < 4.78 is 5.70. The number of carbonyl (C=O) groups is 1. The molecular weight excluding hydrogens is 228 g/mol. The summed E-state index contributed by atoms with van der Waals surface area (Å²) in [5.41, 5.74) is 6.87. The third kappa shape index (κ3) is 2.75. The van der Waals surface area contributed by atoms with E-state index >= 15 is 0 Å². The number of nitrogens with zero attached hydrogens (tertiary/aromatic N) is 1. The molecule has 1 amide bonds. The molecule has 0 saturated carbocycles. The van der Waals surface area contributed by atoms with E-state index in [0.29, 0.717) is 5.56 Å². The second kappa shape index (κ2) is 5.76. The van der Waals surface area contributed by atoms with E-state index in [1.807, 2.05) is 12.1 Å². The molecule has 4 heteroatoms. The average molecular weight is 248 g/mol. The first-order valence-electron chi connectivity index (χ1n) is 6.54. The Morgan fingerprint density at radius 2 is 2.33 bits per heavy atom. The van der Waals surface area contributed by atoms with Gasteiger partial charge in [0, 0.05) is 18.7 Å². The van der Waals surface area contributed by atoms with Crippen LogP contribution in [0.3, 0.4) is 0 Å². The molecule has 4 nitrogen and oxygen atoms in total. The molecule has 0 spiro atoms. The predicted octanol–water partition coefficient (Wildman–Crippen LogP) is 2.17. The molecule has 0 fully saturated rings. The minimum Gasteiger partial charge on any atom is -0.491 e. The van der Waals surface area contributed by atoms with E-state index < -0.39 is 5.91 Å². The predicted molar refractivity (Wildman–Crippen MR) is 72.2 cm³/mol. The maximum Gasteiger partial charge on any atom is 0.248 e. The van der Waals surface area contributed by atoms with Crippen LogP contribution in [0.5, 0.6) is 5.75 Å². The van der Waals surface area contributed by atoms with Gasteiger partial charge < -0.3 is 15.4 Å². The molecule has 98 valence electrons. The van der Waals surface area contributed by atoms with Crippen LogP contribution in [0.4, 0.5) is 5.69 Å². The molecule has 0 aliphatic carbocycles. The highest BCUT2D eigenvalue weighted by atomic mass is 16.5. The van der Waals surface area contributed by atoms with Gasteiger partial charge in [-0.2, -0.15) is 0 Å². The van der Waals surface area contributed by atoms with Crippen LogP contribution < -0.4 is 15.4 Å². The lowest BCUT2D eigenvalue weighted by molar-refractivity contribution is 0.100. The molecule has 0 atom stereocenters. The number of hydrogen-bond acceptors (Lipinski definition) is 3. The summed E-state index contributed by atoms with van der Waals surface area (Å²) in [6.45, 7) is 4.87. The Hall–Kier alpha value is -1.71. The fraction of sp³-hybridized carbons (Fsp3) is 0.500. The van der Waals surface area contributed by atoms with E-state index in [1.54, 1.807) is 6.07 Å². The van der Waals surface area contributed by atoms with E-state index in [4.69, 9.17) is 10.5 Å². The molecule has 0 radical (unpaired) electrons. The minimum absolute atomic E-state index is 0.391. The van der Waals surface area contributed by atoms with Gasteiger partial charge in [-0.3, -0.25) is 4.79 Å². The van der Waals surface area contributed by atoms with Gasteiger partial charge in [-0.1, -0.05) is 13.3 Å². The van der Waals surface area contributed by atoms with Gasteiger partial charge in [-0.05, 0) is 31.0 Å². The van der Waals surface area contributed by atoms with E-state index in [0.717, 1.165) is 50.4 Å². The summed E-state index contributed by atoms with van der Waals surface area (Å²) in [6.07, 6.45) is 3.30. The van der Waals surface area contributed by atoms with E-state index in [9.17, 15) is 4.79 Å². The van der Waals surface area contributed by atoms with Crippen molar-refractivity contribution in [3.63, 3.8) is 0 Å². The summed E-state index contributed by atoms with van der Waals surface area (Å²) in [7, 11) is 0. The molecule has 1 aromatic carbocycles. The van der Waals surface area contributed by atoms with Crippen molar-refractivity contribution in [1.29, 1.82) is 0 Å². The summed E-state index contributed by atoms with van der Waals surface area (Å²) in [5, 5.41) is 0. The molecule has 2 rings (SSSR count). The first kappa shape index (κ1) is 12.7. The number of anilines is 1. The Labute approximate surface area is 108 Å². The number of amides is 1. The third-order valence-electron chi connectivity index (χ3n) is 3.20. The number of rotatable bonds is 4.